The first kappa shape index (κ1) is 19.7. The zero-order valence-electron chi connectivity index (χ0n) is 15.6. The van der Waals surface area contributed by atoms with Crippen molar-refractivity contribution in [3.05, 3.63) is 65.2 Å². The molecular weight excluding hydrogens is 328 g/mol. The number of ketones is 1. The molecule has 0 fully saturated rings. The fourth-order valence-corrected chi connectivity index (χ4v) is 2.56. The molecule has 2 aromatic rings. The molecule has 2 aromatic carbocycles. The summed E-state index contributed by atoms with van der Waals surface area (Å²) in [6, 6.07) is 14.9. The third-order valence-electron chi connectivity index (χ3n) is 3.95. The van der Waals surface area contributed by atoms with E-state index in [0.717, 1.165) is 12.1 Å². The molecule has 0 bridgehead atoms. The molecule has 0 atom stereocenters. The monoisotopic (exact) mass is 354 g/mol. The van der Waals surface area contributed by atoms with Crippen LogP contribution in [0, 0.1) is 0 Å². The maximum absolute atomic E-state index is 12.0. The highest BCUT2D eigenvalue weighted by atomic mass is 16.5. The van der Waals surface area contributed by atoms with Gasteiger partial charge in [0.1, 0.15) is 5.75 Å². The average Bonchev–Trinajstić information content (AvgIpc) is 2.65. The van der Waals surface area contributed by atoms with Crippen molar-refractivity contribution in [2.45, 2.75) is 26.4 Å². The number of carbonyl (C=O) groups is 2. The van der Waals surface area contributed by atoms with Crippen molar-refractivity contribution in [3.8, 4) is 5.75 Å². The summed E-state index contributed by atoms with van der Waals surface area (Å²) in [5.41, 5.74) is 2.94. The first-order chi connectivity index (χ1) is 12.5. The van der Waals surface area contributed by atoms with E-state index in [2.05, 4.69) is 16.3 Å². The number of nitrogens with zero attached hydrogens (tertiary/aromatic N) is 1. The van der Waals surface area contributed by atoms with Gasteiger partial charge in [-0.2, -0.15) is 0 Å². The Hall–Kier alpha value is -2.66. The summed E-state index contributed by atoms with van der Waals surface area (Å²) < 4.78 is 5.49. The van der Waals surface area contributed by atoms with Gasteiger partial charge in [-0.25, -0.2) is 0 Å². The quantitative estimate of drug-likeness (QED) is 0.703. The van der Waals surface area contributed by atoms with Crippen molar-refractivity contribution in [2.75, 3.05) is 20.7 Å². The molecule has 0 saturated carbocycles. The highest BCUT2D eigenvalue weighted by molar-refractivity contribution is 5.95. The van der Waals surface area contributed by atoms with Gasteiger partial charge in [-0.15, -0.1) is 0 Å². The van der Waals surface area contributed by atoms with Crippen LogP contribution >= 0.6 is 0 Å². The van der Waals surface area contributed by atoms with Gasteiger partial charge in [-0.3, -0.25) is 9.59 Å². The predicted molar refractivity (Wildman–Crippen MR) is 102 cm³/mol. The topological polar surface area (TPSA) is 58.6 Å². The van der Waals surface area contributed by atoms with Crippen LogP contribution in [-0.4, -0.2) is 37.3 Å². The summed E-state index contributed by atoms with van der Waals surface area (Å²) in [5.74, 6) is 0.477. The van der Waals surface area contributed by atoms with Gasteiger partial charge in [0.25, 0.3) is 5.91 Å². The average molecular weight is 354 g/mol. The van der Waals surface area contributed by atoms with Crippen LogP contribution in [0.2, 0.25) is 0 Å². The number of rotatable bonds is 9. The Kier molecular flexibility index (Phi) is 7.36. The van der Waals surface area contributed by atoms with E-state index in [4.69, 9.17) is 4.74 Å². The van der Waals surface area contributed by atoms with Crippen molar-refractivity contribution in [1.29, 1.82) is 0 Å². The minimum Gasteiger partial charge on any atom is -0.484 e. The number of ether oxygens (including phenoxy) is 1. The molecule has 1 N–H and O–H groups in total. The normalized spacial score (nSPS) is 10.6. The van der Waals surface area contributed by atoms with E-state index in [1.165, 1.54) is 5.56 Å². The second-order valence-electron chi connectivity index (χ2n) is 6.37. The molecule has 0 heterocycles. The SMILES string of the molecule is CCC(=O)c1ccc(OCC(=O)NCc2ccccc2CN(C)C)cc1. The molecule has 5 nitrogen and oxygen atoms in total. The molecule has 0 aromatic heterocycles. The lowest BCUT2D eigenvalue weighted by molar-refractivity contribution is -0.123. The molecule has 0 unspecified atom stereocenters. The third kappa shape index (κ3) is 6.01. The van der Waals surface area contributed by atoms with E-state index in [1.807, 2.05) is 39.2 Å². The number of Topliss-reactive ketones (excluding diaryl/α,β-unsaturated/α-hetero) is 1. The van der Waals surface area contributed by atoms with Crippen LogP contribution in [0.1, 0.15) is 34.8 Å². The molecule has 0 saturated heterocycles. The molecular formula is C21H26N2O3. The smallest absolute Gasteiger partial charge is 0.258 e. The molecule has 0 spiro atoms. The summed E-state index contributed by atoms with van der Waals surface area (Å²) in [5, 5.41) is 2.89. The Bertz CT molecular complexity index is 739. The van der Waals surface area contributed by atoms with Crippen molar-refractivity contribution >= 4 is 11.7 Å². The lowest BCUT2D eigenvalue weighted by atomic mass is 10.1. The van der Waals surface area contributed by atoms with Crippen molar-refractivity contribution < 1.29 is 14.3 Å². The van der Waals surface area contributed by atoms with Crippen LogP contribution < -0.4 is 10.1 Å². The second kappa shape index (κ2) is 9.73. The zero-order valence-corrected chi connectivity index (χ0v) is 15.6. The number of carbonyl (C=O) groups excluding carboxylic acids is 2. The van der Waals surface area contributed by atoms with E-state index in [1.54, 1.807) is 24.3 Å². The third-order valence-corrected chi connectivity index (χ3v) is 3.95. The van der Waals surface area contributed by atoms with Crippen LogP contribution in [0.15, 0.2) is 48.5 Å². The van der Waals surface area contributed by atoms with E-state index in [9.17, 15) is 9.59 Å². The standard InChI is InChI=1S/C21H26N2O3/c1-4-20(24)16-9-11-19(12-10-16)26-15-21(25)22-13-17-7-5-6-8-18(17)14-23(2)3/h5-12H,4,13-15H2,1-3H3,(H,22,25). The molecule has 2 rings (SSSR count). The lowest BCUT2D eigenvalue weighted by Gasteiger charge is -2.14. The number of hydrogen-bond acceptors (Lipinski definition) is 4. The summed E-state index contributed by atoms with van der Waals surface area (Å²) in [4.78, 5) is 25.7. The van der Waals surface area contributed by atoms with Crippen LogP contribution in [-0.2, 0) is 17.9 Å². The van der Waals surface area contributed by atoms with Gasteiger partial charge >= 0.3 is 0 Å². The molecule has 26 heavy (non-hydrogen) atoms. The van der Waals surface area contributed by atoms with Crippen LogP contribution in [0.25, 0.3) is 0 Å². The van der Waals surface area contributed by atoms with Gasteiger partial charge in [0.05, 0.1) is 0 Å². The van der Waals surface area contributed by atoms with Crippen LogP contribution in [0.4, 0.5) is 0 Å². The molecule has 0 aliphatic carbocycles. The van der Waals surface area contributed by atoms with E-state index in [0.29, 0.717) is 24.3 Å². The van der Waals surface area contributed by atoms with Crippen LogP contribution in [0.3, 0.4) is 0 Å². The first-order valence-corrected chi connectivity index (χ1v) is 8.74. The van der Waals surface area contributed by atoms with Crippen LogP contribution in [0.5, 0.6) is 5.75 Å². The van der Waals surface area contributed by atoms with Gasteiger partial charge < -0.3 is 15.0 Å². The maximum Gasteiger partial charge on any atom is 0.258 e. The van der Waals surface area contributed by atoms with Crippen molar-refractivity contribution in [3.63, 3.8) is 0 Å². The predicted octanol–water partition coefficient (Wildman–Crippen LogP) is 3.04. The van der Waals surface area contributed by atoms with E-state index >= 15 is 0 Å². The van der Waals surface area contributed by atoms with E-state index in [-0.39, 0.29) is 18.3 Å². The fourth-order valence-electron chi connectivity index (χ4n) is 2.56. The minimum atomic E-state index is -0.182. The van der Waals surface area contributed by atoms with Crippen molar-refractivity contribution in [2.24, 2.45) is 0 Å². The number of benzene rings is 2. The Morgan fingerprint density at radius 3 is 2.27 bits per heavy atom. The summed E-state index contributed by atoms with van der Waals surface area (Å²) in [7, 11) is 4.03. The largest absolute Gasteiger partial charge is 0.484 e. The summed E-state index contributed by atoms with van der Waals surface area (Å²) >= 11 is 0. The van der Waals surface area contributed by atoms with E-state index < -0.39 is 0 Å². The number of hydrogen-bond donors (Lipinski definition) is 1. The van der Waals surface area contributed by atoms with Gasteiger partial charge in [0.15, 0.2) is 12.4 Å². The Balaban J connectivity index is 1.83. The molecule has 0 radical (unpaired) electrons. The second-order valence-corrected chi connectivity index (χ2v) is 6.37. The van der Waals surface area contributed by atoms with Gasteiger partial charge in [0, 0.05) is 25.1 Å². The lowest BCUT2D eigenvalue weighted by Crippen LogP contribution is -2.29. The number of amides is 1. The molecule has 5 heteroatoms. The van der Waals surface area contributed by atoms with Gasteiger partial charge in [-0.1, -0.05) is 31.2 Å². The first-order valence-electron chi connectivity index (χ1n) is 8.74. The molecule has 0 aliphatic rings. The fraction of sp³-hybridized carbons (Fsp3) is 0.333. The molecule has 138 valence electrons. The summed E-state index contributed by atoms with van der Waals surface area (Å²) in [6.45, 7) is 3.06. The molecule has 0 aliphatic heterocycles. The minimum absolute atomic E-state index is 0.0586. The molecule has 1 amide bonds. The zero-order chi connectivity index (χ0) is 18.9. The highest BCUT2D eigenvalue weighted by Gasteiger charge is 2.07. The maximum atomic E-state index is 12.0. The highest BCUT2D eigenvalue weighted by Crippen LogP contribution is 2.14. The van der Waals surface area contributed by atoms with Gasteiger partial charge in [0.2, 0.25) is 0 Å². The summed E-state index contributed by atoms with van der Waals surface area (Å²) in [6.07, 6.45) is 0.470. The Labute approximate surface area is 155 Å². The Morgan fingerprint density at radius 1 is 1.00 bits per heavy atom. The number of nitrogens with one attached hydrogen (secondary N) is 1. The van der Waals surface area contributed by atoms with Crippen molar-refractivity contribution in [1.82, 2.24) is 10.2 Å². The van der Waals surface area contributed by atoms with Gasteiger partial charge in [-0.05, 0) is 49.5 Å². The Morgan fingerprint density at radius 2 is 1.65 bits per heavy atom.